The van der Waals surface area contributed by atoms with E-state index in [2.05, 4.69) is 6.58 Å². The summed E-state index contributed by atoms with van der Waals surface area (Å²) in [6.45, 7) is 7.58. The van der Waals surface area contributed by atoms with E-state index in [-0.39, 0.29) is 18.8 Å². The Hall–Kier alpha value is -2.10. The molecule has 1 aromatic carbocycles. The number of carbonyl (C=O) groups excluding carboxylic acids is 2. The Kier molecular flexibility index (Phi) is 5.79. The monoisotopic (exact) mass is 262 g/mol. The highest BCUT2D eigenvalue weighted by Gasteiger charge is 2.29. The maximum Gasteiger partial charge on any atom is 0.334 e. The third-order valence-electron chi connectivity index (χ3n) is 2.54. The van der Waals surface area contributed by atoms with Gasteiger partial charge in [-0.3, -0.25) is 4.79 Å². The molecule has 4 nitrogen and oxygen atoms in total. The first-order valence-electron chi connectivity index (χ1n) is 6.19. The third kappa shape index (κ3) is 3.95. The molecule has 0 aromatic heterocycles. The summed E-state index contributed by atoms with van der Waals surface area (Å²) in [5, 5.41) is 0. The Bertz CT molecular complexity index is 450. The first-order valence-corrected chi connectivity index (χ1v) is 6.19. The van der Waals surface area contributed by atoms with E-state index >= 15 is 0 Å². The maximum absolute atomic E-state index is 12.0. The van der Waals surface area contributed by atoms with E-state index in [4.69, 9.17) is 9.47 Å². The molecule has 0 aliphatic carbocycles. The Labute approximate surface area is 113 Å². The molecule has 0 radical (unpaired) electrons. The number of ether oxygens (including phenoxy) is 2. The summed E-state index contributed by atoms with van der Waals surface area (Å²) in [4.78, 5) is 23.7. The largest absolute Gasteiger partial charge is 0.465 e. The average Bonchev–Trinajstić information content (AvgIpc) is 2.40. The van der Waals surface area contributed by atoms with Gasteiger partial charge in [-0.05, 0) is 19.4 Å². The summed E-state index contributed by atoms with van der Waals surface area (Å²) < 4.78 is 9.89. The molecule has 1 aromatic rings. The molecule has 0 aliphatic heterocycles. The smallest absolute Gasteiger partial charge is 0.334 e. The van der Waals surface area contributed by atoms with Crippen LogP contribution in [0.15, 0.2) is 42.5 Å². The van der Waals surface area contributed by atoms with Gasteiger partial charge in [0, 0.05) is 5.57 Å². The van der Waals surface area contributed by atoms with Gasteiger partial charge < -0.3 is 9.47 Å². The van der Waals surface area contributed by atoms with Gasteiger partial charge in [-0.1, -0.05) is 36.9 Å². The third-order valence-corrected chi connectivity index (χ3v) is 2.54. The lowest BCUT2D eigenvalue weighted by atomic mass is 9.92. The van der Waals surface area contributed by atoms with Crippen molar-refractivity contribution >= 4 is 11.9 Å². The number of hydrogen-bond acceptors (Lipinski definition) is 4. The van der Waals surface area contributed by atoms with E-state index in [1.165, 1.54) is 0 Å². The van der Waals surface area contributed by atoms with Gasteiger partial charge in [-0.25, -0.2) is 4.79 Å². The molecule has 1 atom stereocenters. The van der Waals surface area contributed by atoms with E-state index in [0.717, 1.165) is 0 Å². The van der Waals surface area contributed by atoms with Crippen molar-refractivity contribution in [3.8, 4) is 0 Å². The number of rotatable bonds is 6. The van der Waals surface area contributed by atoms with Gasteiger partial charge in [0.05, 0.1) is 13.2 Å². The highest BCUT2D eigenvalue weighted by atomic mass is 16.5. The van der Waals surface area contributed by atoms with E-state index in [1.54, 1.807) is 38.1 Å². The van der Waals surface area contributed by atoms with Crippen molar-refractivity contribution in [2.75, 3.05) is 13.2 Å². The summed E-state index contributed by atoms with van der Waals surface area (Å²) >= 11 is 0. The topological polar surface area (TPSA) is 52.6 Å². The van der Waals surface area contributed by atoms with Crippen LogP contribution >= 0.6 is 0 Å². The molecular formula is C15H18O4. The van der Waals surface area contributed by atoms with Crippen LogP contribution in [0.4, 0.5) is 0 Å². The van der Waals surface area contributed by atoms with Crippen molar-refractivity contribution in [1.29, 1.82) is 0 Å². The quantitative estimate of drug-likeness (QED) is 0.583. The normalized spacial score (nSPS) is 11.5. The van der Waals surface area contributed by atoms with Crippen molar-refractivity contribution in [3.05, 3.63) is 48.0 Å². The summed E-state index contributed by atoms with van der Waals surface area (Å²) in [6.07, 6.45) is 0. The van der Waals surface area contributed by atoms with Gasteiger partial charge >= 0.3 is 11.9 Å². The molecule has 4 heteroatoms. The summed E-state index contributed by atoms with van der Waals surface area (Å²) in [7, 11) is 0. The van der Waals surface area contributed by atoms with Gasteiger partial charge in [0.1, 0.15) is 5.92 Å². The molecule has 0 bridgehead atoms. The number of benzene rings is 1. The van der Waals surface area contributed by atoms with E-state index < -0.39 is 17.9 Å². The predicted molar refractivity (Wildman–Crippen MR) is 71.6 cm³/mol. The van der Waals surface area contributed by atoms with Crippen LogP contribution in [0.3, 0.4) is 0 Å². The van der Waals surface area contributed by atoms with Crippen LogP contribution in [0.25, 0.3) is 0 Å². The number of esters is 2. The summed E-state index contributed by atoms with van der Waals surface area (Å²) in [6, 6.07) is 8.93. The fraction of sp³-hybridized carbons (Fsp3) is 0.333. The summed E-state index contributed by atoms with van der Waals surface area (Å²) in [5.41, 5.74) is 0.755. The molecule has 0 fully saturated rings. The molecule has 102 valence electrons. The van der Waals surface area contributed by atoms with Gasteiger partial charge in [-0.15, -0.1) is 0 Å². The zero-order valence-corrected chi connectivity index (χ0v) is 11.2. The van der Waals surface area contributed by atoms with Crippen LogP contribution in [0.2, 0.25) is 0 Å². The molecule has 19 heavy (non-hydrogen) atoms. The zero-order chi connectivity index (χ0) is 14.3. The van der Waals surface area contributed by atoms with E-state index in [9.17, 15) is 9.59 Å². The average molecular weight is 262 g/mol. The molecular weight excluding hydrogens is 244 g/mol. The molecule has 0 aliphatic rings. The fourth-order valence-electron chi connectivity index (χ4n) is 1.69. The van der Waals surface area contributed by atoms with E-state index in [1.807, 2.05) is 6.07 Å². The van der Waals surface area contributed by atoms with Crippen LogP contribution < -0.4 is 0 Å². The molecule has 0 spiro atoms. The second kappa shape index (κ2) is 7.36. The highest BCUT2D eigenvalue weighted by Crippen LogP contribution is 2.25. The predicted octanol–water partition coefficient (Wildman–Crippen LogP) is 2.45. The van der Waals surface area contributed by atoms with Crippen molar-refractivity contribution in [2.45, 2.75) is 19.8 Å². The molecule has 1 rings (SSSR count). The minimum Gasteiger partial charge on any atom is -0.465 e. The second-order valence-electron chi connectivity index (χ2n) is 3.84. The fourth-order valence-corrected chi connectivity index (χ4v) is 1.69. The van der Waals surface area contributed by atoms with Crippen molar-refractivity contribution in [1.82, 2.24) is 0 Å². The number of carbonyl (C=O) groups is 2. The molecule has 1 unspecified atom stereocenters. The Balaban J connectivity index is 3.03. The van der Waals surface area contributed by atoms with E-state index in [0.29, 0.717) is 5.56 Å². The lowest BCUT2D eigenvalue weighted by Crippen LogP contribution is -2.23. The molecule has 0 saturated heterocycles. The van der Waals surface area contributed by atoms with Crippen LogP contribution in [0, 0.1) is 0 Å². The van der Waals surface area contributed by atoms with Gasteiger partial charge in [0.15, 0.2) is 0 Å². The van der Waals surface area contributed by atoms with Crippen LogP contribution in [0.1, 0.15) is 25.3 Å². The highest BCUT2D eigenvalue weighted by molar-refractivity contribution is 5.98. The minimum absolute atomic E-state index is 0.0894. The lowest BCUT2D eigenvalue weighted by Gasteiger charge is -2.17. The van der Waals surface area contributed by atoms with Crippen LogP contribution in [0.5, 0.6) is 0 Å². The molecule has 0 saturated carbocycles. The van der Waals surface area contributed by atoms with Crippen LogP contribution in [-0.4, -0.2) is 25.2 Å². The SMILES string of the molecule is C=C(C(=O)OCC)C(C(=O)OCC)c1ccccc1. The van der Waals surface area contributed by atoms with Crippen LogP contribution in [-0.2, 0) is 19.1 Å². The van der Waals surface area contributed by atoms with Crippen molar-refractivity contribution in [3.63, 3.8) is 0 Å². The Morgan fingerprint density at radius 2 is 1.68 bits per heavy atom. The van der Waals surface area contributed by atoms with Gasteiger partial charge in [0.25, 0.3) is 0 Å². The van der Waals surface area contributed by atoms with Gasteiger partial charge in [0.2, 0.25) is 0 Å². The van der Waals surface area contributed by atoms with Crippen molar-refractivity contribution in [2.24, 2.45) is 0 Å². The molecule has 0 amide bonds. The second-order valence-corrected chi connectivity index (χ2v) is 3.84. The Morgan fingerprint density at radius 3 is 2.21 bits per heavy atom. The lowest BCUT2D eigenvalue weighted by molar-refractivity contribution is -0.147. The van der Waals surface area contributed by atoms with Gasteiger partial charge in [-0.2, -0.15) is 0 Å². The standard InChI is InChI=1S/C15H18O4/c1-4-18-14(16)11(3)13(15(17)19-5-2)12-9-7-6-8-10-12/h6-10,13H,3-5H2,1-2H3. The Morgan fingerprint density at radius 1 is 1.11 bits per heavy atom. The molecule has 0 heterocycles. The first-order chi connectivity index (χ1) is 9.11. The maximum atomic E-state index is 12.0. The number of hydrogen-bond donors (Lipinski definition) is 0. The zero-order valence-electron chi connectivity index (χ0n) is 11.2. The van der Waals surface area contributed by atoms with Crippen molar-refractivity contribution < 1.29 is 19.1 Å². The summed E-state index contributed by atoms with van der Waals surface area (Å²) in [5.74, 6) is -1.89. The minimum atomic E-state index is -0.819. The molecule has 0 N–H and O–H groups in total. The first kappa shape index (κ1) is 15.0.